The average Bonchev–Trinajstić information content (AvgIpc) is 2.60. The highest BCUT2D eigenvalue weighted by atomic mass is 16.5. The lowest BCUT2D eigenvalue weighted by Crippen LogP contribution is -2.21. The fourth-order valence-electron chi connectivity index (χ4n) is 2.82. The van der Waals surface area contributed by atoms with Crippen molar-refractivity contribution in [1.29, 1.82) is 0 Å². The van der Waals surface area contributed by atoms with E-state index in [9.17, 15) is 4.79 Å². The summed E-state index contributed by atoms with van der Waals surface area (Å²) in [5, 5.41) is 0. The van der Waals surface area contributed by atoms with E-state index in [2.05, 4.69) is 0 Å². The Morgan fingerprint density at radius 2 is 1.70 bits per heavy atom. The lowest BCUT2D eigenvalue weighted by molar-refractivity contribution is 0.0846. The maximum atomic E-state index is 12.4. The molecule has 0 N–H and O–H groups in total. The summed E-state index contributed by atoms with van der Waals surface area (Å²) in [5.74, 6) is 2.21. The standard InChI is InChI=1S/C18H18O5/c1-20-15-9-8-12(17(21-2)18(15)22-3)16-10-13(19)11-6-4-5-7-14(11)23-16/h4-9,16H,10H2,1-3H3. The first kappa shape index (κ1) is 15.2. The molecule has 0 fully saturated rings. The van der Waals surface area contributed by atoms with Gasteiger partial charge in [-0.05, 0) is 24.3 Å². The number of carbonyl (C=O) groups excluding carboxylic acids is 1. The number of rotatable bonds is 4. The monoisotopic (exact) mass is 314 g/mol. The summed E-state index contributed by atoms with van der Waals surface area (Å²) in [5.41, 5.74) is 1.37. The molecule has 1 aliphatic heterocycles. The number of hydrogen-bond donors (Lipinski definition) is 0. The number of para-hydroxylation sites is 1. The van der Waals surface area contributed by atoms with Gasteiger partial charge in [0.15, 0.2) is 17.3 Å². The van der Waals surface area contributed by atoms with E-state index >= 15 is 0 Å². The van der Waals surface area contributed by atoms with Gasteiger partial charge in [-0.2, -0.15) is 0 Å². The summed E-state index contributed by atoms with van der Waals surface area (Å²) in [6, 6.07) is 10.9. The zero-order valence-corrected chi connectivity index (χ0v) is 13.3. The molecule has 5 heteroatoms. The number of methoxy groups -OCH3 is 3. The molecule has 0 saturated carbocycles. The highest BCUT2D eigenvalue weighted by Gasteiger charge is 2.31. The lowest BCUT2D eigenvalue weighted by Gasteiger charge is -2.27. The largest absolute Gasteiger partial charge is 0.493 e. The van der Waals surface area contributed by atoms with E-state index in [-0.39, 0.29) is 12.2 Å². The number of Topliss-reactive ketones (excluding diaryl/α,β-unsaturated/α-hetero) is 1. The first-order chi connectivity index (χ1) is 11.2. The van der Waals surface area contributed by atoms with Gasteiger partial charge in [0.25, 0.3) is 0 Å². The van der Waals surface area contributed by atoms with Crippen LogP contribution >= 0.6 is 0 Å². The molecule has 3 rings (SSSR count). The molecule has 1 aliphatic rings. The lowest BCUT2D eigenvalue weighted by atomic mass is 9.95. The van der Waals surface area contributed by atoms with Crippen LogP contribution in [0.3, 0.4) is 0 Å². The summed E-state index contributed by atoms with van der Waals surface area (Å²) < 4.78 is 22.2. The van der Waals surface area contributed by atoms with Crippen LogP contribution in [0.2, 0.25) is 0 Å². The predicted octanol–water partition coefficient (Wildman–Crippen LogP) is 3.42. The van der Waals surface area contributed by atoms with E-state index in [0.29, 0.717) is 28.6 Å². The van der Waals surface area contributed by atoms with Crippen LogP contribution < -0.4 is 18.9 Å². The van der Waals surface area contributed by atoms with Crippen molar-refractivity contribution in [3.8, 4) is 23.0 Å². The second kappa shape index (κ2) is 6.20. The van der Waals surface area contributed by atoms with Crippen LogP contribution in [0, 0.1) is 0 Å². The normalized spacial score (nSPS) is 16.3. The Hall–Kier alpha value is -2.69. The highest BCUT2D eigenvalue weighted by Crippen LogP contribution is 2.45. The molecule has 0 amide bonds. The maximum absolute atomic E-state index is 12.4. The van der Waals surface area contributed by atoms with E-state index in [1.54, 1.807) is 39.5 Å². The number of benzene rings is 2. The van der Waals surface area contributed by atoms with Gasteiger partial charge < -0.3 is 18.9 Å². The minimum Gasteiger partial charge on any atom is -0.493 e. The van der Waals surface area contributed by atoms with Crippen molar-refractivity contribution in [2.75, 3.05) is 21.3 Å². The molecule has 1 unspecified atom stereocenters. The molecule has 120 valence electrons. The first-order valence-corrected chi connectivity index (χ1v) is 7.27. The van der Waals surface area contributed by atoms with E-state index in [0.717, 1.165) is 5.56 Å². The molecule has 0 bridgehead atoms. The van der Waals surface area contributed by atoms with Gasteiger partial charge in [0.05, 0.1) is 33.3 Å². The van der Waals surface area contributed by atoms with Gasteiger partial charge in [0.1, 0.15) is 11.9 Å². The van der Waals surface area contributed by atoms with Gasteiger partial charge in [0, 0.05) is 5.56 Å². The van der Waals surface area contributed by atoms with Crippen LogP contribution in [0.1, 0.15) is 28.4 Å². The molecule has 0 saturated heterocycles. The van der Waals surface area contributed by atoms with Gasteiger partial charge in [-0.3, -0.25) is 4.79 Å². The summed E-state index contributed by atoms with van der Waals surface area (Å²) in [6.07, 6.45) is -0.171. The van der Waals surface area contributed by atoms with Crippen molar-refractivity contribution in [2.45, 2.75) is 12.5 Å². The number of hydrogen-bond acceptors (Lipinski definition) is 5. The molecule has 23 heavy (non-hydrogen) atoms. The van der Waals surface area contributed by atoms with Crippen molar-refractivity contribution in [3.63, 3.8) is 0 Å². The van der Waals surface area contributed by atoms with Crippen molar-refractivity contribution in [2.24, 2.45) is 0 Å². The SMILES string of the molecule is COc1ccc(C2CC(=O)c3ccccc3O2)c(OC)c1OC. The fourth-order valence-corrected chi connectivity index (χ4v) is 2.82. The van der Waals surface area contributed by atoms with Gasteiger partial charge >= 0.3 is 0 Å². The van der Waals surface area contributed by atoms with E-state index in [4.69, 9.17) is 18.9 Å². The van der Waals surface area contributed by atoms with Gasteiger partial charge in [-0.25, -0.2) is 0 Å². The third-order valence-corrected chi connectivity index (χ3v) is 3.91. The quantitative estimate of drug-likeness (QED) is 0.865. The van der Waals surface area contributed by atoms with Crippen LogP contribution in [0.5, 0.6) is 23.0 Å². The smallest absolute Gasteiger partial charge is 0.203 e. The van der Waals surface area contributed by atoms with Crippen LogP contribution in [0.15, 0.2) is 36.4 Å². The zero-order valence-electron chi connectivity index (χ0n) is 13.3. The van der Waals surface area contributed by atoms with Gasteiger partial charge in [-0.1, -0.05) is 12.1 Å². The van der Waals surface area contributed by atoms with E-state index in [1.807, 2.05) is 18.2 Å². The highest BCUT2D eigenvalue weighted by molar-refractivity contribution is 6.00. The molecular formula is C18H18O5. The Morgan fingerprint density at radius 3 is 2.39 bits per heavy atom. The van der Waals surface area contributed by atoms with E-state index < -0.39 is 6.10 Å². The fraction of sp³-hybridized carbons (Fsp3) is 0.278. The molecule has 1 atom stereocenters. The van der Waals surface area contributed by atoms with Crippen LogP contribution in [0.25, 0.3) is 0 Å². The van der Waals surface area contributed by atoms with Gasteiger partial charge in [0.2, 0.25) is 5.75 Å². The molecule has 0 radical (unpaired) electrons. The second-order valence-electron chi connectivity index (χ2n) is 5.15. The van der Waals surface area contributed by atoms with Crippen molar-refractivity contribution in [3.05, 3.63) is 47.5 Å². The Balaban J connectivity index is 2.05. The molecule has 0 spiro atoms. The minimum absolute atomic E-state index is 0.0497. The molecule has 2 aromatic carbocycles. The van der Waals surface area contributed by atoms with Crippen molar-refractivity contribution in [1.82, 2.24) is 0 Å². The molecule has 2 aromatic rings. The molecular weight excluding hydrogens is 296 g/mol. The second-order valence-corrected chi connectivity index (χ2v) is 5.15. The van der Waals surface area contributed by atoms with Gasteiger partial charge in [-0.15, -0.1) is 0 Å². The summed E-state index contributed by atoms with van der Waals surface area (Å²) in [6.45, 7) is 0. The number of fused-ring (bicyclic) bond motifs is 1. The predicted molar refractivity (Wildman–Crippen MR) is 84.9 cm³/mol. The van der Waals surface area contributed by atoms with Crippen molar-refractivity contribution >= 4 is 5.78 Å². The molecule has 0 aliphatic carbocycles. The van der Waals surface area contributed by atoms with Crippen LogP contribution in [-0.4, -0.2) is 27.1 Å². The molecule has 0 aromatic heterocycles. The summed E-state index contributed by atoms with van der Waals surface area (Å²) in [7, 11) is 4.67. The van der Waals surface area contributed by atoms with Crippen LogP contribution in [-0.2, 0) is 0 Å². The Bertz CT molecular complexity index is 738. The Kier molecular flexibility index (Phi) is 4.10. The summed E-state index contributed by atoms with van der Waals surface area (Å²) >= 11 is 0. The maximum Gasteiger partial charge on any atom is 0.203 e. The first-order valence-electron chi connectivity index (χ1n) is 7.27. The Labute approximate surface area is 134 Å². The average molecular weight is 314 g/mol. The topological polar surface area (TPSA) is 54.0 Å². The number of carbonyl (C=O) groups is 1. The molecule has 1 heterocycles. The third kappa shape index (κ3) is 2.59. The van der Waals surface area contributed by atoms with Crippen molar-refractivity contribution < 1.29 is 23.7 Å². The van der Waals surface area contributed by atoms with E-state index in [1.165, 1.54) is 0 Å². The number of ketones is 1. The third-order valence-electron chi connectivity index (χ3n) is 3.91. The minimum atomic E-state index is -0.424. The van der Waals surface area contributed by atoms with Crippen LogP contribution in [0.4, 0.5) is 0 Å². The summed E-state index contributed by atoms with van der Waals surface area (Å²) in [4.78, 5) is 12.4. The molecule has 5 nitrogen and oxygen atoms in total. The Morgan fingerprint density at radius 1 is 0.957 bits per heavy atom. The zero-order chi connectivity index (χ0) is 16.4. The number of ether oxygens (including phenoxy) is 4.